The predicted molar refractivity (Wildman–Crippen MR) is 115 cm³/mol. The second kappa shape index (κ2) is 8.31. The third-order valence-electron chi connectivity index (χ3n) is 5.15. The number of hydrogen-bond acceptors (Lipinski definition) is 4. The Kier molecular flexibility index (Phi) is 5.59. The molecule has 0 aliphatic carbocycles. The summed E-state index contributed by atoms with van der Waals surface area (Å²) < 4.78 is 1.68. The van der Waals surface area contributed by atoms with E-state index in [0.29, 0.717) is 54.5 Å². The van der Waals surface area contributed by atoms with Crippen molar-refractivity contribution in [2.45, 2.75) is 20.3 Å². The quantitative estimate of drug-likeness (QED) is 0.681. The monoisotopic (exact) mass is 426 g/mol. The van der Waals surface area contributed by atoms with Crippen molar-refractivity contribution in [1.29, 1.82) is 0 Å². The van der Waals surface area contributed by atoms with Gasteiger partial charge in [-0.25, -0.2) is 14.3 Å². The fourth-order valence-electron chi connectivity index (χ4n) is 3.68. The molecule has 9 heteroatoms. The van der Waals surface area contributed by atoms with Gasteiger partial charge >= 0.3 is 6.03 Å². The molecule has 8 nitrogen and oxygen atoms in total. The molecule has 1 N–H and O–H groups in total. The molecule has 3 heterocycles. The van der Waals surface area contributed by atoms with Gasteiger partial charge in [0.2, 0.25) is 0 Å². The standard InChI is InChI=1S/C21H23ClN6O2/c1-14-11-15(2)28-19(24-14)18(13-23-28)20(29)26-7-4-8-27(10-9-26)21(30)25-17-6-3-5-16(22)12-17/h3,5-6,11-13H,4,7-10H2,1-2H3,(H,25,30). The van der Waals surface area contributed by atoms with Gasteiger partial charge in [-0.1, -0.05) is 17.7 Å². The average molecular weight is 427 g/mol. The van der Waals surface area contributed by atoms with Crippen LogP contribution in [0.5, 0.6) is 0 Å². The van der Waals surface area contributed by atoms with Crippen LogP contribution in [0.25, 0.3) is 5.65 Å². The first-order chi connectivity index (χ1) is 14.4. The van der Waals surface area contributed by atoms with Gasteiger partial charge in [0.15, 0.2) is 5.65 Å². The van der Waals surface area contributed by atoms with Gasteiger partial charge in [0.05, 0.1) is 6.20 Å². The Hall–Kier alpha value is -3.13. The van der Waals surface area contributed by atoms with Crippen LogP contribution in [-0.4, -0.2) is 62.5 Å². The average Bonchev–Trinajstić information content (AvgIpc) is 2.96. The Morgan fingerprint density at radius 3 is 2.63 bits per heavy atom. The number of urea groups is 1. The van der Waals surface area contributed by atoms with E-state index >= 15 is 0 Å². The fraction of sp³-hybridized carbons (Fsp3) is 0.333. The summed E-state index contributed by atoms with van der Waals surface area (Å²) in [5, 5.41) is 7.74. The van der Waals surface area contributed by atoms with Gasteiger partial charge in [0.1, 0.15) is 5.56 Å². The summed E-state index contributed by atoms with van der Waals surface area (Å²) in [7, 11) is 0. The second-order valence-electron chi connectivity index (χ2n) is 7.41. The molecule has 1 aliphatic rings. The molecular formula is C21H23ClN6O2. The van der Waals surface area contributed by atoms with Gasteiger partial charge < -0.3 is 15.1 Å². The number of hydrogen-bond donors (Lipinski definition) is 1. The van der Waals surface area contributed by atoms with Crippen LogP contribution in [0.4, 0.5) is 10.5 Å². The molecule has 0 unspecified atom stereocenters. The highest BCUT2D eigenvalue weighted by Gasteiger charge is 2.25. The summed E-state index contributed by atoms with van der Waals surface area (Å²) in [6.45, 7) is 5.87. The second-order valence-corrected chi connectivity index (χ2v) is 7.84. The summed E-state index contributed by atoms with van der Waals surface area (Å²) in [6, 6.07) is 8.76. The zero-order valence-electron chi connectivity index (χ0n) is 16.9. The van der Waals surface area contributed by atoms with E-state index in [4.69, 9.17) is 11.6 Å². The molecule has 3 aromatic rings. The van der Waals surface area contributed by atoms with Crippen molar-refractivity contribution in [1.82, 2.24) is 24.4 Å². The Balaban J connectivity index is 1.45. The van der Waals surface area contributed by atoms with Crippen molar-refractivity contribution in [3.63, 3.8) is 0 Å². The van der Waals surface area contributed by atoms with Crippen molar-refractivity contribution in [3.05, 3.63) is 58.5 Å². The normalized spacial score (nSPS) is 14.6. The van der Waals surface area contributed by atoms with Crippen LogP contribution in [0, 0.1) is 13.8 Å². The maximum absolute atomic E-state index is 13.2. The first kappa shape index (κ1) is 20.2. The molecular weight excluding hydrogens is 404 g/mol. The van der Waals surface area contributed by atoms with Gasteiger partial charge in [-0.15, -0.1) is 0 Å². The molecule has 1 saturated heterocycles. The lowest BCUT2D eigenvalue weighted by molar-refractivity contribution is 0.0764. The molecule has 30 heavy (non-hydrogen) atoms. The van der Waals surface area contributed by atoms with Crippen LogP contribution in [0.3, 0.4) is 0 Å². The number of carbonyl (C=O) groups excluding carboxylic acids is 2. The van der Waals surface area contributed by atoms with Crippen molar-refractivity contribution in [3.8, 4) is 0 Å². The number of nitrogens with one attached hydrogen (secondary N) is 1. The number of anilines is 1. The summed E-state index contributed by atoms with van der Waals surface area (Å²) in [5.41, 5.74) is 3.47. The minimum absolute atomic E-state index is 0.111. The minimum atomic E-state index is -0.199. The number of aryl methyl sites for hydroxylation is 2. The molecule has 2 aromatic heterocycles. The summed E-state index contributed by atoms with van der Waals surface area (Å²) >= 11 is 5.98. The Morgan fingerprint density at radius 2 is 1.83 bits per heavy atom. The van der Waals surface area contributed by atoms with E-state index < -0.39 is 0 Å². The molecule has 0 atom stereocenters. The summed E-state index contributed by atoms with van der Waals surface area (Å²) in [6.07, 6.45) is 2.27. The molecule has 1 fully saturated rings. The highest BCUT2D eigenvalue weighted by atomic mass is 35.5. The molecule has 0 spiro atoms. The summed E-state index contributed by atoms with van der Waals surface area (Å²) in [5.74, 6) is -0.111. The van der Waals surface area contributed by atoms with Crippen molar-refractivity contribution in [2.75, 3.05) is 31.5 Å². The predicted octanol–water partition coefficient (Wildman–Crippen LogP) is 3.38. The first-order valence-electron chi connectivity index (χ1n) is 9.85. The number of halogens is 1. The number of amides is 3. The van der Waals surface area contributed by atoms with Crippen LogP contribution in [0.1, 0.15) is 28.2 Å². The zero-order valence-corrected chi connectivity index (χ0v) is 17.7. The lowest BCUT2D eigenvalue weighted by atomic mass is 10.2. The highest BCUT2D eigenvalue weighted by Crippen LogP contribution is 2.18. The smallest absolute Gasteiger partial charge is 0.321 e. The summed E-state index contributed by atoms with van der Waals surface area (Å²) in [4.78, 5) is 33.8. The maximum atomic E-state index is 13.2. The number of aromatic nitrogens is 3. The molecule has 0 radical (unpaired) electrons. The zero-order chi connectivity index (χ0) is 21.3. The molecule has 4 rings (SSSR count). The van der Waals surface area contributed by atoms with Crippen LogP contribution in [0.2, 0.25) is 5.02 Å². The van der Waals surface area contributed by atoms with Gasteiger partial charge in [-0.3, -0.25) is 4.79 Å². The highest BCUT2D eigenvalue weighted by molar-refractivity contribution is 6.30. The maximum Gasteiger partial charge on any atom is 0.321 e. The lowest BCUT2D eigenvalue weighted by Gasteiger charge is -2.22. The molecule has 0 bridgehead atoms. The van der Waals surface area contributed by atoms with Crippen molar-refractivity contribution in [2.24, 2.45) is 0 Å². The molecule has 3 amide bonds. The molecule has 1 aliphatic heterocycles. The van der Waals surface area contributed by atoms with Crippen molar-refractivity contribution >= 4 is 34.9 Å². The minimum Gasteiger partial charge on any atom is -0.337 e. The Morgan fingerprint density at radius 1 is 1.07 bits per heavy atom. The van der Waals surface area contributed by atoms with E-state index in [0.717, 1.165) is 11.4 Å². The van der Waals surface area contributed by atoms with Crippen LogP contribution < -0.4 is 5.32 Å². The number of fused-ring (bicyclic) bond motifs is 1. The van der Waals surface area contributed by atoms with E-state index in [1.54, 1.807) is 44.8 Å². The third kappa shape index (κ3) is 4.09. The number of carbonyl (C=O) groups is 2. The lowest BCUT2D eigenvalue weighted by Crippen LogP contribution is -2.39. The SMILES string of the molecule is Cc1cc(C)n2ncc(C(=O)N3CCCN(C(=O)Nc4cccc(Cl)c4)CC3)c2n1. The van der Waals surface area contributed by atoms with Gasteiger partial charge in [-0.2, -0.15) is 5.10 Å². The fourth-order valence-corrected chi connectivity index (χ4v) is 3.87. The van der Waals surface area contributed by atoms with Crippen molar-refractivity contribution < 1.29 is 9.59 Å². The van der Waals surface area contributed by atoms with E-state index in [-0.39, 0.29) is 11.9 Å². The molecule has 156 valence electrons. The van der Waals surface area contributed by atoms with E-state index in [1.807, 2.05) is 19.9 Å². The van der Waals surface area contributed by atoms with E-state index in [2.05, 4.69) is 15.4 Å². The van der Waals surface area contributed by atoms with Crippen LogP contribution in [0.15, 0.2) is 36.5 Å². The molecule has 0 saturated carbocycles. The number of nitrogens with zero attached hydrogens (tertiary/aromatic N) is 5. The first-order valence-corrected chi connectivity index (χ1v) is 10.2. The number of rotatable bonds is 2. The number of benzene rings is 1. The Labute approximate surface area is 179 Å². The van der Waals surface area contributed by atoms with Crippen LogP contribution in [-0.2, 0) is 0 Å². The molecule has 1 aromatic carbocycles. The third-order valence-corrected chi connectivity index (χ3v) is 5.39. The Bertz CT molecular complexity index is 1110. The van der Waals surface area contributed by atoms with Gasteiger partial charge in [-0.05, 0) is 44.5 Å². The van der Waals surface area contributed by atoms with Gasteiger partial charge in [0.25, 0.3) is 5.91 Å². The van der Waals surface area contributed by atoms with E-state index in [1.165, 1.54) is 0 Å². The largest absolute Gasteiger partial charge is 0.337 e. The van der Waals surface area contributed by atoms with Crippen LogP contribution >= 0.6 is 11.6 Å². The topological polar surface area (TPSA) is 82.8 Å². The van der Waals surface area contributed by atoms with E-state index in [9.17, 15) is 9.59 Å². The van der Waals surface area contributed by atoms with Gasteiger partial charge in [0, 0.05) is 48.3 Å².